The summed E-state index contributed by atoms with van der Waals surface area (Å²) in [6, 6.07) is 28.2. The highest BCUT2D eigenvalue weighted by molar-refractivity contribution is 9.11. The quantitative estimate of drug-likeness (QED) is 0.163. The Balaban J connectivity index is 1.64. The number of phenols is 1. The van der Waals surface area contributed by atoms with Crippen LogP contribution in [0, 0.1) is 0 Å². The van der Waals surface area contributed by atoms with Crippen LogP contribution in [0.3, 0.4) is 0 Å². The number of halogens is 2. The monoisotopic (exact) mass is 634 g/mol. The molecule has 4 aromatic carbocycles. The summed E-state index contributed by atoms with van der Waals surface area (Å²) in [5.41, 5.74) is 3.37. The molecule has 0 aromatic heterocycles. The van der Waals surface area contributed by atoms with Crippen LogP contribution in [0.4, 0.5) is 0 Å². The number of hydrogen-bond acceptors (Lipinski definition) is 4. The molecule has 0 spiro atoms. The number of aromatic hydroxyl groups is 1. The molecule has 4 aromatic rings. The van der Waals surface area contributed by atoms with Gasteiger partial charge in [-0.2, -0.15) is 5.10 Å². The Labute approximate surface area is 240 Å². The molecule has 0 unspecified atom stereocenters. The molecule has 0 aliphatic heterocycles. The molecule has 0 bridgehead atoms. The van der Waals surface area contributed by atoms with Gasteiger partial charge in [-0.15, -0.1) is 0 Å². The van der Waals surface area contributed by atoms with E-state index in [0.29, 0.717) is 31.6 Å². The summed E-state index contributed by atoms with van der Waals surface area (Å²) in [6.45, 7) is 6.78. The molecule has 0 saturated heterocycles. The number of carbonyl (C=O) groups is 1. The number of hydrazone groups is 1. The van der Waals surface area contributed by atoms with E-state index in [4.69, 9.17) is 4.74 Å². The Morgan fingerprint density at radius 3 is 2.16 bits per heavy atom. The summed E-state index contributed by atoms with van der Waals surface area (Å²) in [6.07, 6.45) is 1.60. The van der Waals surface area contributed by atoms with Crippen LogP contribution in [0.15, 0.2) is 105 Å². The second-order valence-electron chi connectivity index (χ2n) is 9.83. The molecule has 1 amide bonds. The van der Waals surface area contributed by atoms with E-state index < -0.39 is 0 Å². The van der Waals surface area contributed by atoms with Crippen LogP contribution in [0.25, 0.3) is 0 Å². The third-order valence-corrected chi connectivity index (χ3v) is 7.04. The highest BCUT2D eigenvalue weighted by atomic mass is 79.9. The zero-order valence-corrected chi connectivity index (χ0v) is 24.5. The molecule has 0 heterocycles. The maximum atomic E-state index is 13.7. The molecule has 194 valence electrons. The van der Waals surface area contributed by atoms with Gasteiger partial charge in [0.25, 0.3) is 5.91 Å². The van der Waals surface area contributed by atoms with Crippen molar-refractivity contribution in [3.05, 3.63) is 122 Å². The van der Waals surface area contributed by atoms with Crippen LogP contribution < -0.4 is 4.74 Å². The molecule has 0 aliphatic carbocycles. The SMILES string of the molecule is CC(C)(C)c1ccc(CN(/N=C/c2cc(Br)c(O)c(Br)c2)C(=O)c2cccc(Oc3ccccc3)c2)cc1. The minimum absolute atomic E-state index is 0.0328. The van der Waals surface area contributed by atoms with Crippen molar-refractivity contribution in [2.75, 3.05) is 0 Å². The predicted octanol–water partition coefficient (Wildman–Crippen LogP) is 8.68. The van der Waals surface area contributed by atoms with Crippen molar-refractivity contribution < 1.29 is 14.6 Å². The van der Waals surface area contributed by atoms with Gasteiger partial charge in [-0.25, -0.2) is 5.01 Å². The molecule has 0 radical (unpaired) electrons. The highest BCUT2D eigenvalue weighted by Gasteiger charge is 2.18. The van der Waals surface area contributed by atoms with E-state index in [1.165, 1.54) is 10.6 Å². The number of nitrogens with zero attached hydrogens (tertiary/aromatic N) is 2. The van der Waals surface area contributed by atoms with Crippen molar-refractivity contribution in [3.8, 4) is 17.2 Å². The van der Waals surface area contributed by atoms with Crippen molar-refractivity contribution in [3.63, 3.8) is 0 Å². The lowest BCUT2D eigenvalue weighted by molar-refractivity contribution is 0.0749. The van der Waals surface area contributed by atoms with Gasteiger partial charge in [0.1, 0.15) is 17.2 Å². The van der Waals surface area contributed by atoms with Crippen LogP contribution in [0.1, 0.15) is 47.8 Å². The summed E-state index contributed by atoms with van der Waals surface area (Å²) in [4.78, 5) is 13.7. The van der Waals surface area contributed by atoms with E-state index in [-0.39, 0.29) is 23.6 Å². The molecule has 0 saturated carbocycles. The molecule has 38 heavy (non-hydrogen) atoms. The van der Waals surface area contributed by atoms with Gasteiger partial charge in [-0.1, -0.05) is 69.3 Å². The van der Waals surface area contributed by atoms with Gasteiger partial charge in [-0.05, 0) is 96.4 Å². The standard InChI is InChI=1S/C31H28Br2N2O3/c1-31(2,3)24-14-12-21(13-15-24)20-35(34-19-22-16-27(32)29(36)28(33)17-22)30(37)23-8-7-11-26(18-23)38-25-9-5-4-6-10-25/h4-19,36H,20H2,1-3H3/b34-19+. The van der Waals surface area contributed by atoms with E-state index in [2.05, 4.69) is 69.9 Å². The Kier molecular flexibility index (Phi) is 8.69. The largest absolute Gasteiger partial charge is 0.506 e. The number of benzene rings is 4. The normalized spacial score (nSPS) is 11.5. The number of rotatable bonds is 7. The van der Waals surface area contributed by atoms with Crippen molar-refractivity contribution in [1.29, 1.82) is 0 Å². The fourth-order valence-corrected chi connectivity index (χ4v) is 4.93. The Morgan fingerprint density at radius 1 is 0.895 bits per heavy atom. The minimum Gasteiger partial charge on any atom is -0.506 e. The maximum absolute atomic E-state index is 13.7. The lowest BCUT2D eigenvalue weighted by Crippen LogP contribution is -2.26. The van der Waals surface area contributed by atoms with Gasteiger partial charge in [0.15, 0.2) is 0 Å². The lowest BCUT2D eigenvalue weighted by Gasteiger charge is -2.21. The topological polar surface area (TPSA) is 62.1 Å². The van der Waals surface area contributed by atoms with E-state index >= 15 is 0 Å². The van der Waals surface area contributed by atoms with Gasteiger partial charge in [-0.3, -0.25) is 4.79 Å². The van der Waals surface area contributed by atoms with Gasteiger partial charge >= 0.3 is 0 Å². The lowest BCUT2D eigenvalue weighted by atomic mass is 9.87. The first-order chi connectivity index (χ1) is 18.1. The van der Waals surface area contributed by atoms with E-state index in [1.807, 2.05) is 48.5 Å². The maximum Gasteiger partial charge on any atom is 0.274 e. The third-order valence-electron chi connectivity index (χ3n) is 5.83. The Morgan fingerprint density at radius 2 is 1.53 bits per heavy atom. The summed E-state index contributed by atoms with van der Waals surface area (Å²) in [5.74, 6) is 1.09. The second kappa shape index (κ2) is 12.0. The first kappa shape index (κ1) is 27.6. The average Bonchev–Trinajstić information content (AvgIpc) is 2.89. The first-order valence-corrected chi connectivity index (χ1v) is 13.6. The van der Waals surface area contributed by atoms with Crippen LogP contribution >= 0.6 is 31.9 Å². The highest BCUT2D eigenvalue weighted by Crippen LogP contribution is 2.33. The molecular formula is C31H28Br2N2O3. The molecule has 0 atom stereocenters. The molecule has 4 rings (SSSR count). The van der Waals surface area contributed by atoms with Gasteiger partial charge < -0.3 is 9.84 Å². The van der Waals surface area contributed by atoms with Crippen LogP contribution in [0.2, 0.25) is 0 Å². The van der Waals surface area contributed by atoms with Crippen LogP contribution in [-0.4, -0.2) is 22.2 Å². The van der Waals surface area contributed by atoms with Crippen molar-refractivity contribution in [2.24, 2.45) is 5.10 Å². The zero-order valence-electron chi connectivity index (χ0n) is 21.4. The predicted molar refractivity (Wildman–Crippen MR) is 159 cm³/mol. The number of para-hydroxylation sites is 1. The molecule has 1 N–H and O–H groups in total. The van der Waals surface area contributed by atoms with Crippen molar-refractivity contribution in [1.82, 2.24) is 5.01 Å². The summed E-state index contributed by atoms with van der Waals surface area (Å²) >= 11 is 6.69. The minimum atomic E-state index is -0.267. The molecule has 0 aliphatic rings. The average molecular weight is 636 g/mol. The van der Waals surface area contributed by atoms with E-state index in [0.717, 1.165) is 5.56 Å². The number of hydrogen-bond donors (Lipinski definition) is 1. The molecule has 0 fully saturated rings. The van der Waals surface area contributed by atoms with E-state index in [1.54, 1.807) is 36.5 Å². The number of amides is 1. The summed E-state index contributed by atoms with van der Waals surface area (Å²) in [5, 5.41) is 16.0. The first-order valence-electron chi connectivity index (χ1n) is 12.1. The van der Waals surface area contributed by atoms with Gasteiger partial charge in [0.2, 0.25) is 0 Å². The Bertz CT molecular complexity index is 1420. The fraction of sp³-hybridized carbons (Fsp3) is 0.161. The zero-order chi connectivity index (χ0) is 27.3. The third kappa shape index (κ3) is 7.11. The van der Waals surface area contributed by atoms with Crippen molar-refractivity contribution >= 4 is 44.0 Å². The number of ether oxygens (including phenoxy) is 1. The fourth-order valence-electron chi connectivity index (χ4n) is 3.71. The molecular weight excluding hydrogens is 608 g/mol. The van der Waals surface area contributed by atoms with Gasteiger partial charge in [0.05, 0.1) is 21.7 Å². The van der Waals surface area contributed by atoms with Gasteiger partial charge in [0, 0.05) is 5.56 Å². The van der Waals surface area contributed by atoms with E-state index in [9.17, 15) is 9.90 Å². The van der Waals surface area contributed by atoms with Crippen LogP contribution in [0.5, 0.6) is 17.2 Å². The smallest absolute Gasteiger partial charge is 0.274 e. The van der Waals surface area contributed by atoms with Crippen molar-refractivity contribution in [2.45, 2.75) is 32.7 Å². The number of phenolic OH excluding ortho intramolecular Hbond substituents is 1. The molecule has 7 heteroatoms. The second-order valence-corrected chi connectivity index (χ2v) is 11.5. The summed E-state index contributed by atoms with van der Waals surface area (Å²) in [7, 11) is 0. The summed E-state index contributed by atoms with van der Waals surface area (Å²) < 4.78 is 6.98. The Hall–Kier alpha value is -3.42. The number of carbonyl (C=O) groups excluding carboxylic acids is 1. The molecule has 5 nitrogen and oxygen atoms in total. The van der Waals surface area contributed by atoms with Crippen LogP contribution in [-0.2, 0) is 12.0 Å².